The van der Waals surface area contributed by atoms with Gasteiger partial charge in [0.05, 0.1) is 5.92 Å². The van der Waals surface area contributed by atoms with Crippen molar-refractivity contribution in [2.45, 2.75) is 33.6 Å². The predicted molar refractivity (Wildman–Crippen MR) is 89.1 cm³/mol. The van der Waals surface area contributed by atoms with Crippen LogP contribution in [0.5, 0.6) is 0 Å². The normalized spacial score (nSPS) is 18.1. The van der Waals surface area contributed by atoms with Crippen molar-refractivity contribution in [3.05, 3.63) is 28.8 Å². The van der Waals surface area contributed by atoms with Crippen molar-refractivity contribution < 1.29 is 9.59 Å². The van der Waals surface area contributed by atoms with Crippen LogP contribution >= 0.6 is 11.6 Å². The summed E-state index contributed by atoms with van der Waals surface area (Å²) >= 11 is 6.12. The van der Waals surface area contributed by atoms with Gasteiger partial charge in [0, 0.05) is 30.2 Å². The van der Waals surface area contributed by atoms with Crippen LogP contribution in [0, 0.1) is 18.8 Å². The molecule has 1 aliphatic heterocycles. The van der Waals surface area contributed by atoms with Gasteiger partial charge in [-0.2, -0.15) is 0 Å². The van der Waals surface area contributed by atoms with Crippen LogP contribution in [0.4, 0.5) is 5.69 Å². The Morgan fingerprint density at radius 2 is 2.18 bits per heavy atom. The molecule has 1 saturated heterocycles. The van der Waals surface area contributed by atoms with Gasteiger partial charge in [0.1, 0.15) is 0 Å². The quantitative estimate of drug-likeness (QED) is 0.905. The molecule has 1 aromatic rings. The third-order valence-corrected chi connectivity index (χ3v) is 4.39. The first-order chi connectivity index (χ1) is 10.4. The van der Waals surface area contributed by atoms with Gasteiger partial charge in [-0.25, -0.2) is 0 Å². The summed E-state index contributed by atoms with van der Waals surface area (Å²) in [4.78, 5) is 26.0. The molecular weight excluding hydrogens is 300 g/mol. The highest BCUT2D eigenvalue weighted by molar-refractivity contribution is 6.31. The van der Waals surface area contributed by atoms with E-state index in [0.29, 0.717) is 24.0 Å². The lowest BCUT2D eigenvalue weighted by Crippen LogP contribution is -2.33. The average molecular weight is 323 g/mol. The Balaban J connectivity index is 1.98. The van der Waals surface area contributed by atoms with E-state index in [0.717, 1.165) is 17.7 Å². The van der Waals surface area contributed by atoms with E-state index >= 15 is 0 Å². The number of amides is 2. The molecule has 0 aliphatic carbocycles. The number of carbonyl (C=O) groups is 2. The summed E-state index contributed by atoms with van der Waals surface area (Å²) in [5.74, 6) is 0.218. The topological polar surface area (TPSA) is 49.4 Å². The number of hydrogen-bond acceptors (Lipinski definition) is 2. The highest BCUT2D eigenvalue weighted by Crippen LogP contribution is 2.28. The van der Waals surface area contributed by atoms with Crippen molar-refractivity contribution in [2.75, 3.05) is 18.0 Å². The summed E-state index contributed by atoms with van der Waals surface area (Å²) in [6.07, 6.45) is 1.21. The maximum absolute atomic E-state index is 12.2. The Kier molecular flexibility index (Phi) is 5.46. The molecule has 1 heterocycles. The minimum Gasteiger partial charge on any atom is -0.356 e. The molecule has 0 bridgehead atoms. The van der Waals surface area contributed by atoms with E-state index in [1.54, 1.807) is 11.0 Å². The lowest BCUT2D eigenvalue weighted by Gasteiger charge is -2.17. The number of aryl methyl sites for hydroxylation is 1. The largest absolute Gasteiger partial charge is 0.356 e. The standard InChI is InChI=1S/C17H23ClN2O2/c1-11(2)6-7-19-17(22)13-8-16(21)20(10-13)14-5-4-12(3)15(18)9-14/h4-5,9,11,13H,6-8,10H2,1-3H3,(H,19,22). The Labute approximate surface area is 136 Å². The minimum atomic E-state index is -0.278. The monoisotopic (exact) mass is 322 g/mol. The first-order valence-corrected chi connectivity index (χ1v) is 8.10. The summed E-state index contributed by atoms with van der Waals surface area (Å²) in [5, 5.41) is 3.56. The zero-order valence-corrected chi connectivity index (χ0v) is 14.1. The summed E-state index contributed by atoms with van der Waals surface area (Å²) in [7, 11) is 0. The third kappa shape index (κ3) is 4.01. The zero-order chi connectivity index (χ0) is 16.3. The van der Waals surface area contributed by atoms with E-state index < -0.39 is 0 Å². The molecule has 1 N–H and O–H groups in total. The molecule has 0 aromatic heterocycles. The number of anilines is 1. The first-order valence-electron chi connectivity index (χ1n) is 7.72. The fraction of sp³-hybridized carbons (Fsp3) is 0.529. The van der Waals surface area contributed by atoms with Gasteiger partial charge < -0.3 is 10.2 Å². The molecule has 0 saturated carbocycles. The zero-order valence-electron chi connectivity index (χ0n) is 13.4. The summed E-state index contributed by atoms with van der Waals surface area (Å²) in [5.41, 5.74) is 1.73. The highest BCUT2D eigenvalue weighted by Gasteiger charge is 2.35. The van der Waals surface area contributed by atoms with Crippen molar-refractivity contribution >= 4 is 29.1 Å². The van der Waals surface area contributed by atoms with E-state index in [9.17, 15) is 9.59 Å². The molecule has 1 aromatic carbocycles. The minimum absolute atomic E-state index is 0.0241. The second-order valence-electron chi connectivity index (χ2n) is 6.31. The van der Waals surface area contributed by atoms with Gasteiger partial charge in [-0.3, -0.25) is 9.59 Å². The number of benzene rings is 1. The third-order valence-electron chi connectivity index (χ3n) is 3.98. The number of nitrogens with zero attached hydrogens (tertiary/aromatic N) is 1. The van der Waals surface area contributed by atoms with Crippen molar-refractivity contribution in [2.24, 2.45) is 11.8 Å². The number of carbonyl (C=O) groups excluding carboxylic acids is 2. The molecule has 4 nitrogen and oxygen atoms in total. The first kappa shape index (κ1) is 16.8. The number of hydrogen-bond donors (Lipinski definition) is 1. The Bertz CT molecular complexity index is 572. The Morgan fingerprint density at radius 1 is 1.45 bits per heavy atom. The molecule has 5 heteroatoms. The van der Waals surface area contributed by atoms with Crippen LogP contribution in [0.15, 0.2) is 18.2 Å². The maximum atomic E-state index is 12.2. The van der Waals surface area contributed by atoms with Gasteiger partial charge in [0.2, 0.25) is 11.8 Å². The summed E-state index contributed by atoms with van der Waals surface area (Å²) in [6, 6.07) is 5.55. The SMILES string of the molecule is Cc1ccc(N2CC(C(=O)NCCC(C)C)CC2=O)cc1Cl. The molecular formula is C17H23ClN2O2. The smallest absolute Gasteiger partial charge is 0.227 e. The Hall–Kier alpha value is -1.55. The second kappa shape index (κ2) is 7.14. The van der Waals surface area contributed by atoms with Gasteiger partial charge >= 0.3 is 0 Å². The molecule has 1 aliphatic rings. The van der Waals surface area contributed by atoms with Crippen molar-refractivity contribution in [3.8, 4) is 0 Å². The highest BCUT2D eigenvalue weighted by atomic mass is 35.5. The fourth-order valence-electron chi connectivity index (χ4n) is 2.51. The van der Waals surface area contributed by atoms with Gasteiger partial charge in [0.15, 0.2) is 0 Å². The lowest BCUT2D eigenvalue weighted by molar-refractivity contribution is -0.126. The molecule has 0 spiro atoms. The van der Waals surface area contributed by atoms with Crippen LogP contribution in [0.25, 0.3) is 0 Å². The van der Waals surface area contributed by atoms with Crippen LogP contribution in [-0.4, -0.2) is 24.9 Å². The molecule has 1 fully saturated rings. The van der Waals surface area contributed by atoms with Crippen LogP contribution in [0.1, 0.15) is 32.3 Å². The van der Waals surface area contributed by atoms with Crippen molar-refractivity contribution in [1.82, 2.24) is 5.32 Å². The fourth-order valence-corrected chi connectivity index (χ4v) is 2.69. The number of nitrogens with one attached hydrogen (secondary N) is 1. The average Bonchev–Trinajstić information content (AvgIpc) is 2.83. The molecule has 1 atom stereocenters. The van der Waals surface area contributed by atoms with Gasteiger partial charge in [-0.15, -0.1) is 0 Å². The molecule has 2 rings (SSSR count). The van der Waals surface area contributed by atoms with E-state index in [4.69, 9.17) is 11.6 Å². The molecule has 1 unspecified atom stereocenters. The van der Waals surface area contributed by atoms with E-state index in [-0.39, 0.29) is 24.2 Å². The Morgan fingerprint density at radius 3 is 2.82 bits per heavy atom. The lowest BCUT2D eigenvalue weighted by atomic mass is 10.1. The van der Waals surface area contributed by atoms with Gasteiger partial charge in [-0.05, 0) is 37.0 Å². The molecule has 120 valence electrons. The van der Waals surface area contributed by atoms with Crippen LogP contribution in [-0.2, 0) is 9.59 Å². The molecule has 0 radical (unpaired) electrons. The van der Waals surface area contributed by atoms with Gasteiger partial charge in [0.25, 0.3) is 0 Å². The number of halogens is 1. The second-order valence-corrected chi connectivity index (χ2v) is 6.72. The summed E-state index contributed by atoms with van der Waals surface area (Å²) < 4.78 is 0. The van der Waals surface area contributed by atoms with Crippen LogP contribution in [0.2, 0.25) is 5.02 Å². The van der Waals surface area contributed by atoms with Gasteiger partial charge in [-0.1, -0.05) is 31.5 Å². The van der Waals surface area contributed by atoms with Crippen molar-refractivity contribution in [3.63, 3.8) is 0 Å². The summed E-state index contributed by atoms with van der Waals surface area (Å²) in [6.45, 7) is 7.24. The maximum Gasteiger partial charge on any atom is 0.227 e. The predicted octanol–water partition coefficient (Wildman–Crippen LogP) is 3.16. The van der Waals surface area contributed by atoms with Crippen molar-refractivity contribution in [1.29, 1.82) is 0 Å². The van der Waals surface area contributed by atoms with E-state index in [1.165, 1.54) is 0 Å². The molecule has 2 amide bonds. The van der Waals surface area contributed by atoms with E-state index in [2.05, 4.69) is 19.2 Å². The van der Waals surface area contributed by atoms with E-state index in [1.807, 2.05) is 19.1 Å². The molecule has 22 heavy (non-hydrogen) atoms. The van der Waals surface area contributed by atoms with Crippen LogP contribution in [0.3, 0.4) is 0 Å². The number of rotatable bonds is 5. The van der Waals surface area contributed by atoms with Crippen LogP contribution < -0.4 is 10.2 Å².